The highest BCUT2D eigenvalue weighted by Crippen LogP contribution is 2.26. The minimum atomic E-state index is -1.72. The van der Waals surface area contributed by atoms with E-state index in [9.17, 15) is 19.8 Å². The molecule has 9 nitrogen and oxygen atoms in total. The average Bonchev–Trinajstić information content (AvgIpc) is 3.06. The Kier molecular flexibility index (Phi) is 6.19. The second-order valence-electron chi connectivity index (χ2n) is 8.62. The van der Waals surface area contributed by atoms with Crippen molar-refractivity contribution in [1.82, 2.24) is 10.2 Å². The number of aliphatic hydroxyl groups is 2. The summed E-state index contributed by atoms with van der Waals surface area (Å²) in [5.74, 6) is 0.00309. The number of carbonyl (C=O) groups excluding carboxylic acids is 2. The molecular weight excluding hydrogens is 390 g/mol. The summed E-state index contributed by atoms with van der Waals surface area (Å²) in [5, 5.41) is 21.5. The Bertz CT molecular complexity index is 819. The zero-order valence-electron chi connectivity index (χ0n) is 17.4. The smallest absolute Gasteiger partial charge is 0.325 e. The Morgan fingerprint density at radius 1 is 1.37 bits per heavy atom. The van der Waals surface area contributed by atoms with E-state index in [-0.39, 0.29) is 25.0 Å². The number of benzene rings is 1. The van der Waals surface area contributed by atoms with Crippen LogP contribution in [0.25, 0.3) is 0 Å². The maximum Gasteiger partial charge on any atom is 0.325 e. The molecule has 4 atom stereocenters. The van der Waals surface area contributed by atoms with Crippen LogP contribution in [0, 0.1) is 0 Å². The second-order valence-corrected chi connectivity index (χ2v) is 8.62. The van der Waals surface area contributed by atoms with Crippen molar-refractivity contribution >= 4 is 11.8 Å². The summed E-state index contributed by atoms with van der Waals surface area (Å²) >= 11 is 0. The van der Waals surface area contributed by atoms with Crippen LogP contribution < -0.4 is 15.8 Å². The predicted molar refractivity (Wildman–Crippen MR) is 108 cm³/mol. The first-order valence-electron chi connectivity index (χ1n) is 9.83. The van der Waals surface area contributed by atoms with Crippen molar-refractivity contribution in [2.24, 2.45) is 5.73 Å². The standard InChI is InChI=1S/C21H29N3O6/c1-20(2,3)13-4-6-14(7-5-13)29-12-17(27)21(22)8-9-24(19(28)23-21)18-10-15(26)16(11-25)30-18/h4-9,15-16,18,25-26H,10-12,22H2,1-3H3,(H,23,28)/t15-,16+,18+,21?/m0/s1. The van der Waals surface area contributed by atoms with E-state index in [1.807, 2.05) is 12.1 Å². The molecule has 9 heteroatoms. The molecule has 5 N–H and O–H groups in total. The fourth-order valence-corrected chi connectivity index (χ4v) is 3.31. The van der Waals surface area contributed by atoms with Gasteiger partial charge in [0.2, 0.25) is 5.78 Å². The van der Waals surface area contributed by atoms with Crippen molar-refractivity contribution in [2.75, 3.05) is 13.2 Å². The molecule has 0 aliphatic carbocycles. The topological polar surface area (TPSA) is 134 Å². The molecule has 0 bridgehead atoms. The van der Waals surface area contributed by atoms with E-state index in [1.54, 1.807) is 12.1 Å². The number of rotatable bonds is 6. The van der Waals surface area contributed by atoms with Crippen molar-refractivity contribution in [3.63, 3.8) is 0 Å². The number of ketones is 1. The van der Waals surface area contributed by atoms with Crippen LogP contribution in [-0.2, 0) is 14.9 Å². The first-order valence-corrected chi connectivity index (χ1v) is 9.83. The molecule has 2 heterocycles. The van der Waals surface area contributed by atoms with E-state index in [0.29, 0.717) is 5.75 Å². The highest BCUT2D eigenvalue weighted by molar-refractivity contribution is 5.96. The van der Waals surface area contributed by atoms with Gasteiger partial charge in [-0.05, 0) is 29.2 Å². The Morgan fingerprint density at radius 3 is 2.57 bits per heavy atom. The van der Waals surface area contributed by atoms with Gasteiger partial charge in [-0.15, -0.1) is 0 Å². The van der Waals surface area contributed by atoms with Crippen LogP contribution in [0.1, 0.15) is 32.8 Å². The molecule has 1 saturated heterocycles. The Hall–Kier alpha value is -2.46. The fourth-order valence-electron chi connectivity index (χ4n) is 3.31. The number of ether oxygens (including phenoxy) is 2. The third-order valence-corrected chi connectivity index (χ3v) is 5.29. The van der Waals surface area contributed by atoms with E-state index in [2.05, 4.69) is 26.1 Å². The molecule has 3 rings (SSSR count). The molecule has 1 unspecified atom stereocenters. The minimum Gasteiger partial charge on any atom is -0.486 e. The summed E-state index contributed by atoms with van der Waals surface area (Å²) in [6, 6.07) is 6.81. The molecule has 0 spiro atoms. The maximum absolute atomic E-state index is 12.6. The summed E-state index contributed by atoms with van der Waals surface area (Å²) in [5.41, 5.74) is 5.51. The predicted octanol–water partition coefficient (Wildman–Crippen LogP) is 0.594. The van der Waals surface area contributed by atoms with Crippen molar-refractivity contribution in [1.29, 1.82) is 0 Å². The van der Waals surface area contributed by atoms with Crippen LogP contribution in [0.15, 0.2) is 36.5 Å². The molecule has 0 radical (unpaired) electrons. The largest absolute Gasteiger partial charge is 0.486 e. The van der Waals surface area contributed by atoms with Gasteiger partial charge in [0, 0.05) is 12.6 Å². The number of amides is 2. The van der Waals surface area contributed by atoms with Crippen LogP contribution in [0.5, 0.6) is 5.75 Å². The molecule has 1 fully saturated rings. The van der Waals surface area contributed by atoms with Crippen LogP contribution >= 0.6 is 0 Å². The summed E-state index contributed by atoms with van der Waals surface area (Å²) in [6.07, 6.45) is 0.440. The zero-order chi connectivity index (χ0) is 22.1. The van der Waals surface area contributed by atoms with Crippen molar-refractivity contribution in [2.45, 2.75) is 56.7 Å². The summed E-state index contributed by atoms with van der Waals surface area (Å²) in [6.45, 7) is 5.64. The molecule has 2 amide bonds. The van der Waals surface area contributed by atoms with Gasteiger partial charge in [0.15, 0.2) is 12.3 Å². The number of nitrogens with two attached hydrogens (primary N) is 1. The number of aliphatic hydroxyl groups excluding tert-OH is 2. The quantitative estimate of drug-likeness (QED) is 0.530. The molecule has 2 aliphatic rings. The molecule has 30 heavy (non-hydrogen) atoms. The lowest BCUT2D eigenvalue weighted by Crippen LogP contribution is -2.66. The highest BCUT2D eigenvalue weighted by atomic mass is 16.5. The van der Waals surface area contributed by atoms with Gasteiger partial charge in [-0.25, -0.2) is 4.79 Å². The van der Waals surface area contributed by atoms with Crippen molar-refractivity contribution < 1.29 is 29.3 Å². The number of Topliss-reactive ketones (excluding diaryl/α,β-unsaturated/α-hetero) is 1. The first-order chi connectivity index (χ1) is 14.0. The third-order valence-electron chi connectivity index (χ3n) is 5.29. The highest BCUT2D eigenvalue weighted by Gasteiger charge is 2.43. The van der Waals surface area contributed by atoms with Gasteiger partial charge >= 0.3 is 6.03 Å². The summed E-state index contributed by atoms with van der Waals surface area (Å²) in [4.78, 5) is 26.3. The molecule has 2 aliphatic heterocycles. The van der Waals surface area contributed by atoms with E-state index in [1.165, 1.54) is 17.2 Å². The van der Waals surface area contributed by atoms with Crippen molar-refractivity contribution in [3.05, 3.63) is 42.1 Å². The Labute approximate surface area is 175 Å². The Morgan fingerprint density at radius 2 is 2.03 bits per heavy atom. The minimum absolute atomic E-state index is 0.00891. The van der Waals surface area contributed by atoms with E-state index in [0.717, 1.165) is 5.56 Å². The SMILES string of the molecule is CC(C)(C)c1ccc(OCC(=O)C2(N)C=CN([C@H]3C[C@H](O)[C@@H](CO)O3)C(=O)N2)cc1. The van der Waals surface area contributed by atoms with Crippen LogP contribution in [0.2, 0.25) is 0 Å². The second kappa shape index (κ2) is 8.35. The average molecular weight is 419 g/mol. The van der Waals surface area contributed by atoms with Gasteiger partial charge in [0.1, 0.15) is 18.1 Å². The number of hydrogen-bond donors (Lipinski definition) is 4. The van der Waals surface area contributed by atoms with Gasteiger partial charge in [0.25, 0.3) is 0 Å². The third kappa shape index (κ3) is 4.65. The summed E-state index contributed by atoms with van der Waals surface area (Å²) < 4.78 is 11.0. The molecule has 164 valence electrons. The van der Waals surface area contributed by atoms with Gasteiger partial charge < -0.3 is 25.0 Å². The normalized spacial score (nSPS) is 29.1. The lowest BCUT2D eigenvalue weighted by Gasteiger charge is -2.35. The lowest BCUT2D eigenvalue weighted by molar-refractivity contribution is -0.125. The fraction of sp³-hybridized carbons (Fsp3) is 0.524. The number of nitrogens with zero attached hydrogens (tertiary/aromatic N) is 1. The van der Waals surface area contributed by atoms with Gasteiger partial charge in [-0.2, -0.15) is 0 Å². The molecule has 1 aromatic carbocycles. The number of carbonyl (C=O) groups is 2. The lowest BCUT2D eigenvalue weighted by atomic mass is 9.87. The summed E-state index contributed by atoms with van der Waals surface area (Å²) in [7, 11) is 0. The van der Waals surface area contributed by atoms with E-state index < -0.39 is 35.9 Å². The van der Waals surface area contributed by atoms with E-state index >= 15 is 0 Å². The van der Waals surface area contributed by atoms with Gasteiger partial charge in [-0.1, -0.05) is 32.9 Å². The van der Waals surface area contributed by atoms with Crippen LogP contribution in [0.3, 0.4) is 0 Å². The van der Waals surface area contributed by atoms with Gasteiger partial charge in [-0.3, -0.25) is 15.4 Å². The van der Waals surface area contributed by atoms with Crippen LogP contribution in [0.4, 0.5) is 4.79 Å². The number of nitrogens with one attached hydrogen (secondary N) is 1. The molecule has 1 aromatic rings. The number of urea groups is 1. The number of hydrogen-bond acceptors (Lipinski definition) is 7. The first kappa shape index (κ1) is 22.2. The molecule has 0 saturated carbocycles. The Balaban J connectivity index is 1.60. The monoisotopic (exact) mass is 419 g/mol. The van der Waals surface area contributed by atoms with Crippen LogP contribution in [-0.4, -0.2) is 64.2 Å². The van der Waals surface area contributed by atoms with Crippen molar-refractivity contribution in [3.8, 4) is 5.75 Å². The van der Waals surface area contributed by atoms with Gasteiger partial charge in [0.05, 0.1) is 12.7 Å². The zero-order valence-corrected chi connectivity index (χ0v) is 17.4. The molecular formula is C21H29N3O6. The molecule has 0 aromatic heterocycles. The maximum atomic E-state index is 12.6. The van der Waals surface area contributed by atoms with E-state index in [4.69, 9.17) is 15.2 Å².